The van der Waals surface area contributed by atoms with Crippen LogP contribution in [0.5, 0.6) is 0 Å². The lowest BCUT2D eigenvalue weighted by Crippen LogP contribution is -2.30. The molecule has 4 heteroatoms. The molecule has 0 radical (unpaired) electrons. The molecule has 1 aromatic heterocycles. The minimum absolute atomic E-state index is 0.00721. The standard InChI is InChI=1S/C22H23N3O/c1-2-25(17-19-11-7-4-8-12-19)22(26)20-13-21(16-23-15-20)24-14-18-9-5-3-6-10-18/h3-13,15-16,24H,2,14,17H2,1H3. The molecule has 0 aliphatic carbocycles. The molecule has 4 nitrogen and oxygen atoms in total. The van der Waals surface area contributed by atoms with Gasteiger partial charge in [-0.3, -0.25) is 9.78 Å². The van der Waals surface area contributed by atoms with Gasteiger partial charge < -0.3 is 10.2 Å². The SMILES string of the molecule is CCN(Cc1ccccc1)C(=O)c1cncc(NCc2ccccc2)c1. The Morgan fingerprint density at radius 2 is 1.62 bits per heavy atom. The number of hydrogen-bond acceptors (Lipinski definition) is 3. The molecule has 26 heavy (non-hydrogen) atoms. The van der Waals surface area contributed by atoms with E-state index in [4.69, 9.17) is 0 Å². The number of amides is 1. The monoisotopic (exact) mass is 345 g/mol. The van der Waals surface area contributed by atoms with Gasteiger partial charge in [0.05, 0.1) is 11.3 Å². The third kappa shape index (κ3) is 4.70. The number of hydrogen-bond donors (Lipinski definition) is 1. The Morgan fingerprint density at radius 3 is 2.27 bits per heavy atom. The quantitative estimate of drug-likeness (QED) is 0.692. The number of pyridine rings is 1. The highest BCUT2D eigenvalue weighted by Crippen LogP contribution is 2.14. The van der Waals surface area contributed by atoms with Crippen LogP contribution in [0, 0.1) is 0 Å². The first kappa shape index (κ1) is 17.7. The van der Waals surface area contributed by atoms with Crippen LogP contribution in [-0.2, 0) is 13.1 Å². The van der Waals surface area contributed by atoms with Gasteiger partial charge in [0.1, 0.15) is 0 Å². The van der Waals surface area contributed by atoms with E-state index in [2.05, 4.69) is 22.4 Å². The molecule has 0 fully saturated rings. The molecule has 0 spiro atoms. The van der Waals surface area contributed by atoms with Crippen LogP contribution >= 0.6 is 0 Å². The summed E-state index contributed by atoms with van der Waals surface area (Å²) in [6, 6.07) is 22.0. The van der Waals surface area contributed by atoms with Gasteiger partial charge in [0.15, 0.2) is 0 Å². The molecule has 2 aromatic carbocycles. The number of nitrogens with zero attached hydrogens (tertiary/aromatic N) is 2. The second-order valence-electron chi connectivity index (χ2n) is 6.11. The van der Waals surface area contributed by atoms with Crippen LogP contribution in [0.4, 0.5) is 5.69 Å². The summed E-state index contributed by atoms with van der Waals surface area (Å²) in [4.78, 5) is 18.9. The van der Waals surface area contributed by atoms with Gasteiger partial charge in [-0.25, -0.2) is 0 Å². The van der Waals surface area contributed by atoms with E-state index in [-0.39, 0.29) is 5.91 Å². The number of aromatic nitrogens is 1. The summed E-state index contributed by atoms with van der Waals surface area (Å²) in [7, 11) is 0. The molecule has 0 aliphatic rings. The molecular weight excluding hydrogens is 322 g/mol. The van der Waals surface area contributed by atoms with Crippen molar-refractivity contribution in [2.75, 3.05) is 11.9 Å². The Balaban J connectivity index is 1.68. The van der Waals surface area contributed by atoms with E-state index in [1.54, 1.807) is 12.4 Å². The third-order valence-electron chi connectivity index (χ3n) is 4.21. The molecule has 1 heterocycles. The molecule has 0 aliphatic heterocycles. The predicted molar refractivity (Wildman–Crippen MR) is 105 cm³/mol. The number of carbonyl (C=O) groups excluding carboxylic acids is 1. The first-order valence-electron chi connectivity index (χ1n) is 8.82. The summed E-state index contributed by atoms with van der Waals surface area (Å²) in [5.74, 6) is -0.00721. The second kappa shape index (κ2) is 8.81. The lowest BCUT2D eigenvalue weighted by molar-refractivity contribution is 0.0752. The van der Waals surface area contributed by atoms with Crippen LogP contribution in [0.15, 0.2) is 79.1 Å². The summed E-state index contributed by atoms with van der Waals surface area (Å²) >= 11 is 0. The zero-order valence-electron chi connectivity index (χ0n) is 14.9. The van der Waals surface area contributed by atoms with Gasteiger partial charge in [0, 0.05) is 32.0 Å². The van der Waals surface area contributed by atoms with Gasteiger partial charge in [0.25, 0.3) is 5.91 Å². The first-order valence-corrected chi connectivity index (χ1v) is 8.82. The predicted octanol–water partition coefficient (Wildman–Crippen LogP) is 4.36. The minimum atomic E-state index is -0.00721. The van der Waals surface area contributed by atoms with Crippen molar-refractivity contribution in [3.05, 3.63) is 95.8 Å². The van der Waals surface area contributed by atoms with Crippen LogP contribution in [0.2, 0.25) is 0 Å². The maximum atomic E-state index is 12.9. The molecule has 1 amide bonds. The summed E-state index contributed by atoms with van der Waals surface area (Å²) in [5, 5.41) is 3.33. The van der Waals surface area contributed by atoms with Crippen molar-refractivity contribution >= 4 is 11.6 Å². The molecule has 3 rings (SSSR count). The molecule has 0 bridgehead atoms. The van der Waals surface area contributed by atoms with Crippen LogP contribution in [0.3, 0.4) is 0 Å². The lowest BCUT2D eigenvalue weighted by atomic mass is 10.1. The molecule has 1 N–H and O–H groups in total. The van der Waals surface area contributed by atoms with E-state index in [1.165, 1.54) is 5.56 Å². The number of carbonyl (C=O) groups is 1. The highest BCUT2D eigenvalue weighted by atomic mass is 16.2. The largest absolute Gasteiger partial charge is 0.380 e. The van der Waals surface area contributed by atoms with E-state index < -0.39 is 0 Å². The van der Waals surface area contributed by atoms with Crippen LogP contribution in [0.1, 0.15) is 28.4 Å². The average molecular weight is 345 g/mol. The van der Waals surface area contributed by atoms with Crippen molar-refractivity contribution in [3.8, 4) is 0 Å². The number of benzene rings is 2. The second-order valence-corrected chi connectivity index (χ2v) is 6.11. The zero-order valence-corrected chi connectivity index (χ0v) is 14.9. The Bertz CT molecular complexity index is 834. The van der Waals surface area contributed by atoms with Gasteiger partial charge in [0.2, 0.25) is 0 Å². The smallest absolute Gasteiger partial charge is 0.255 e. The molecule has 0 saturated heterocycles. The number of nitrogens with one attached hydrogen (secondary N) is 1. The Kier molecular flexibility index (Phi) is 5.99. The van der Waals surface area contributed by atoms with Gasteiger partial charge in [-0.1, -0.05) is 60.7 Å². The van der Waals surface area contributed by atoms with Crippen molar-refractivity contribution < 1.29 is 4.79 Å². The summed E-state index contributed by atoms with van der Waals surface area (Å²) in [6.45, 7) is 3.93. The Labute approximate surface area is 154 Å². The summed E-state index contributed by atoms with van der Waals surface area (Å²) < 4.78 is 0. The van der Waals surface area contributed by atoms with E-state index in [0.717, 1.165) is 11.3 Å². The van der Waals surface area contributed by atoms with Crippen molar-refractivity contribution in [2.45, 2.75) is 20.0 Å². The zero-order chi connectivity index (χ0) is 18.2. The van der Waals surface area contributed by atoms with E-state index in [0.29, 0.717) is 25.2 Å². The highest BCUT2D eigenvalue weighted by Gasteiger charge is 2.15. The van der Waals surface area contributed by atoms with Crippen LogP contribution < -0.4 is 5.32 Å². The Morgan fingerprint density at radius 1 is 0.962 bits per heavy atom. The average Bonchev–Trinajstić information content (AvgIpc) is 2.72. The molecule has 0 saturated carbocycles. The number of anilines is 1. The molecular formula is C22H23N3O. The fourth-order valence-corrected chi connectivity index (χ4v) is 2.77. The number of rotatable bonds is 7. The van der Waals surface area contributed by atoms with E-state index >= 15 is 0 Å². The van der Waals surface area contributed by atoms with Gasteiger partial charge >= 0.3 is 0 Å². The molecule has 0 atom stereocenters. The maximum absolute atomic E-state index is 12.9. The first-order chi connectivity index (χ1) is 12.8. The Hall–Kier alpha value is -3.14. The van der Waals surface area contributed by atoms with Crippen molar-refractivity contribution in [2.24, 2.45) is 0 Å². The normalized spacial score (nSPS) is 10.3. The summed E-state index contributed by atoms with van der Waals surface area (Å²) in [6.07, 6.45) is 3.37. The maximum Gasteiger partial charge on any atom is 0.255 e. The van der Waals surface area contributed by atoms with Crippen molar-refractivity contribution in [1.82, 2.24) is 9.88 Å². The molecule has 132 valence electrons. The van der Waals surface area contributed by atoms with Gasteiger partial charge in [-0.2, -0.15) is 0 Å². The molecule has 3 aromatic rings. The van der Waals surface area contributed by atoms with Gasteiger partial charge in [-0.05, 0) is 24.1 Å². The summed E-state index contributed by atoms with van der Waals surface area (Å²) in [5.41, 5.74) is 3.74. The van der Waals surface area contributed by atoms with Gasteiger partial charge in [-0.15, -0.1) is 0 Å². The third-order valence-corrected chi connectivity index (χ3v) is 4.21. The fourth-order valence-electron chi connectivity index (χ4n) is 2.77. The fraction of sp³-hybridized carbons (Fsp3) is 0.182. The van der Waals surface area contributed by atoms with E-state index in [9.17, 15) is 4.79 Å². The topological polar surface area (TPSA) is 45.2 Å². The molecule has 0 unspecified atom stereocenters. The minimum Gasteiger partial charge on any atom is -0.380 e. The van der Waals surface area contributed by atoms with Crippen LogP contribution in [0.25, 0.3) is 0 Å². The lowest BCUT2D eigenvalue weighted by Gasteiger charge is -2.21. The van der Waals surface area contributed by atoms with Crippen molar-refractivity contribution in [1.29, 1.82) is 0 Å². The highest BCUT2D eigenvalue weighted by molar-refractivity contribution is 5.94. The van der Waals surface area contributed by atoms with E-state index in [1.807, 2.05) is 66.4 Å². The van der Waals surface area contributed by atoms with Crippen LogP contribution in [-0.4, -0.2) is 22.3 Å². The van der Waals surface area contributed by atoms with Crippen molar-refractivity contribution in [3.63, 3.8) is 0 Å².